The van der Waals surface area contributed by atoms with Crippen LogP contribution in [0.3, 0.4) is 0 Å². The molecule has 2 N–H and O–H groups in total. The Kier molecular flexibility index (Phi) is 3.63. The number of hydrogen-bond acceptors (Lipinski definition) is 3. The Labute approximate surface area is 124 Å². The molecule has 1 aromatic heterocycles. The molecule has 6 heteroatoms. The number of fused-ring (bicyclic) bond motifs is 1. The Bertz CT molecular complexity index is 712. The molecule has 1 aliphatic rings. The van der Waals surface area contributed by atoms with Crippen LogP contribution in [0.2, 0.25) is 0 Å². The van der Waals surface area contributed by atoms with Crippen molar-refractivity contribution in [2.24, 2.45) is 5.92 Å². The number of carboxylic acid groups (broad SMARTS) is 1. The van der Waals surface area contributed by atoms with Crippen LogP contribution >= 0.6 is 11.3 Å². The van der Waals surface area contributed by atoms with Crippen molar-refractivity contribution >= 4 is 33.3 Å². The van der Waals surface area contributed by atoms with E-state index in [4.69, 9.17) is 5.11 Å². The third-order valence-corrected chi connectivity index (χ3v) is 4.92. The number of amides is 1. The second kappa shape index (κ2) is 5.44. The van der Waals surface area contributed by atoms with Crippen LogP contribution in [0.25, 0.3) is 10.1 Å². The first-order valence-corrected chi connectivity index (χ1v) is 7.57. The Hall–Kier alpha value is -1.95. The highest BCUT2D eigenvalue weighted by Gasteiger charge is 2.30. The highest BCUT2D eigenvalue weighted by atomic mass is 32.1. The van der Waals surface area contributed by atoms with Gasteiger partial charge in [-0.15, -0.1) is 11.3 Å². The van der Waals surface area contributed by atoms with Gasteiger partial charge in [0, 0.05) is 10.7 Å². The van der Waals surface area contributed by atoms with E-state index >= 15 is 0 Å². The van der Waals surface area contributed by atoms with Crippen LogP contribution in [0.1, 0.15) is 28.9 Å². The summed E-state index contributed by atoms with van der Waals surface area (Å²) in [5.74, 6) is -1.71. The first kappa shape index (κ1) is 14.0. The maximum atomic E-state index is 13.1. The number of aliphatic carboxylic acids is 1. The van der Waals surface area contributed by atoms with Crippen LogP contribution in [0.15, 0.2) is 24.3 Å². The molecule has 1 saturated carbocycles. The Balaban J connectivity index is 1.71. The standard InChI is InChI=1S/C15H14FNO3S/c16-10-3-1-8-6-13(21-12(8)7-10)14(18)17-11-4-2-9(5-11)15(19)20/h1,3,6-7,9,11H,2,4-5H2,(H,17,18)(H,19,20)/t9-,11+/m1/s1. The minimum atomic E-state index is -0.802. The smallest absolute Gasteiger partial charge is 0.306 e. The number of thiophene rings is 1. The largest absolute Gasteiger partial charge is 0.481 e. The summed E-state index contributed by atoms with van der Waals surface area (Å²) in [4.78, 5) is 23.6. The van der Waals surface area contributed by atoms with E-state index in [1.54, 1.807) is 12.1 Å². The van der Waals surface area contributed by atoms with E-state index in [1.165, 1.54) is 23.5 Å². The van der Waals surface area contributed by atoms with E-state index in [0.29, 0.717) is 24.1 Å². The zero-order chi connectivity index (χ0) is 15.0. The quantitative estimate of drug-likeness (QED) is 0.916. The lowest BCUT2D eigenvalue weighted by atomic mass is 10.1. The molecule has 0 spiro atoms. The summed E-state index contributed by atoms with van der Waals surface area (Å²) in [7, 11) is 0. The van der Waals surface area contributed by atoms with Crippen LogP contribution in [-0.2, 0) is 4.79 Å². The molecule has 2 aromatic rings. The van der Waals surface area contributed by atoms with Crippen molar-refractivity contribution in [2.75, 3.05) is 0 Å². The van der Waals surface area contributed by atoms with Crippen molar-refractivity contribution < 1.29 is 19.1 Å². The number of hydrogen-bond donors (Lipinski definition) is 2. The Morgan fingerprint density at radius 1 is 1.29 bits per heavy atom. The molecule has 1 heterocycles. The van der Waals surface area contributed by atoms with Gasteiger partial charge in [0.05, 0.1) is 10.8 Å². The van der Waals surface area contributed by atoms with E-state index in [-0.39, 0.29) is 23.7 Å². The summed E-state index contributed by atoms with van der Waals surface area (Å²) in [5.41, 5.74) is 0. The fourth-order valence-electron chi connectivity index (χ4n) is 2.71. The maximum Gasteiger partial charge on any atom is 0.306 e. The zero-order valence-corrected chi connectivity index (χ0v) is 12.0. The van der Waals surface area contributed by atoms with Crippen LogP contribution in [0.4, 0.5) is 4.39 Å². The summed E-state index contributed by atoms with van der Waals surface area (Å²) in [5, 5.41) is 12.7. The average molecular weight is 307 g/mol. The minimum Gasteiger partial charge on any atom is -0.481 e. The number of carboxylic acids is 1. The van der Waals surface area contributed by atoms with Gasteiger partial charge in [0.25, 0.3) is 5.91 Å². The zero-order valence-electron chi connectivity index (χ0n) is 11.1. The van der Waals surface area contributed by atoms with Crippen molar-refractivity contribution in [1.29, 1.82) is 0 Å². The third kappa shape index (κ3) is 2.90. The Morgan fingerprint density at radius 2 is 2.10 bits per heavy atom. The first-order chi connectivity index (χ1) is 10.0. The fraction of sp³-hybridized carbons (Fsp3) is 0.333. The topological polar surface area (TPSA) is 66.4 Å². The van der Waals surface area contributed by atoms with Gasteiger partial charge in [-0.25, -0.2) is 4.39 Å². The van der Waals surface area contributed by atoms with Crippen molar-refractivity contribution in [1.82, 2.24) is 5.32 Å². The molecule has 0 radical (unpaired) electrons. The van der Waals surface area contributed by atoms with Crippen LogP contribution in [0, 0.1) is 11.7 Å². The van der Waals surface area contributed by atoms with Gasteiger partial charge >= 0.3 is 5.97 Å². The monoisotopic (exact) mass is 307 g/mol. The second-order valence-electron chi connectivity index (χ2n) is 5.31. The van der Waals surface area contributed by atoms with Crippen molar-refractivity contribution in [3.8, 4) is 0 Å². The lowest BCUT2D eigenvalue weighted by Gasteiger charge is -2.11. The SMILES string of the molecule is O=C(N[C@H]1CC[C@@H](C(=O)O)C1)c1cc2ccc(F)cc2s1. The van der Waals surface area contributed by atoms with Crippen molar-refractivity contribution in [2.45, 2.75) is 25.3 Å². The molecule has 21 heavy (non-hydrogen) atoms. The van der Waals surface area contributed by atoms with Gasteiger partial charge in [-0.05, 0) is 42.8 Å². The maximum absolute atomic E-state index is 13.1. The van der Waals surface area contributed by atoms with E-state index in [0.717, 1.165) is 10.1 Å². The summed E-state index contributed by atoms with van der Waals surface area (Å²) < 4.78 is 13.9. The first-order valence-electron chi connectivity index (χ1n) is 6.75. The molecule has 0 unspecified atom stereocenters. The van der Waals surface area contributed by atoms with Gasteiger partial charge in [0.2, 0.25) is 0 Å². The number of rotatable bonds is 3. The molecule has 0 bridgehead atoms. The van der Waals surface area contributed by atoms with E-state index in [9.17, 15) is 14.0 Å². The minimum absolute atomic E-state index is 0.0967. The molecule has 110 valence electrons. The number of nitrogens with one attached hydrogen (secondary N) is 1. The average Bonchev–Trinajstić information content (AvgIpc) is 3.04. The van der Waals surface area contributed by atoms with Crippen LogP contribution < -0.4 is 5.32 Å². The lowest BCUT2D eigenvalue weighted by molar-refractivity contribution is -0.141. The predicted molar refractivity (Wildman–Crippen MR) is 78.0 cm³/mol. The second-order valence-corrected chi connectivity index (χ2v) is 6.40. The number of carbonyl (C=O) groups excluding carboxylic acids is 1. The number of benzene rings is 1. The number of halogens is 1. The number of carbonyl (C=O) groups is 2. The van der Waals surface area contributed by atoms with E-state index in [2.05, 4.69) is 5.32 Å². The van der Waals surface area contributed by atoms with Crippen LogP contribution in [-0.4, -0.2) is 23.0 Å². The molecular weight excluding hydrogens is 293 g/mol. The summed E-state index contributed by atoms with van der Waals surface area (Å²) in [6.07, 6.45) is 1.75. The van der Waals surface area contributed by atoms with Gasteiger partial charge in [0.1, 0.15) is 5.82 Å². The lowest BCUT2D eigenvalue weighted by Crippen LogP contribution is -2.32. The molecule has 2 atom stereocenters. The molecule has 3 rings (SSSR count). The van der Waals surface area contributed by atoms with Gasteiger partial charge in [-0.2, -0.15) is 0 Å². The molecule has 1 amide bonds. The molecule has 1 aliphatic carbocycles. The fourth-order valence-corrected chi connectivity index (χ4v) is 3.70. The summed E-state index contributed by atoms with van der Waals surface area (Å²) in [6, 6.07) is 6.06. The van der Waals surface area contributed by atoms with Gasteiger partial charge in [-0.3, -0.25) is 9.59 Å². The molecule has 1 aromatic carbocycles. The van der Waals surface area contributed by atoms with E-state index < -0.39 is 5.97 Å². The third-order valence-electron chi connectivity index (χ3n) is 3.82. The van der Waals surface area contributed by atoms with E-state index in [1.807, 2.05) is 0 Å². The predicted octanol–water partition coefficient (Wildman–Crippen LogP) is 3.02. The molecule has 0 saturated heterocycles. The molecule has 0 aliphatic heterocycles. The normalized spacial score (nSPS) is 21.6. The van der Waals surface area contributed by atoms with Gasteiger partial charge < -0.3 is 10.4 Å². The Morgan fingerprint density at radius 3 is 2.81 bits per heavy atom. The van der Waals surface area contributed by atoms with Crippen molar-refractivity contribution in [3.63, 3.8) is 0 Å². The highest BCUT2D eigenvalue weighted by molar-refractivity contribution is 7.20. The molecule has 4 nitrogen and oxygen atoms in total. The van der Waals surface area contributed by atoms with Crippen molar-refractivity contribution in [3.05, 3.63) is 35.0 Å². The molecular formula is C15H14FNO3S. The summed E-state index contributed by atoms with van der Waals surface area (Å²) in [6.45, 7) is 0. The van der Waals surface area contributed by atoms with Gasteiger partial charge in [0.15, 0.2) is 0 Å². The summed E-state index contributed by atoms with van der Waals surface area (Å²) >= 11 is 1.24. The highest BCUT2D eigenvalue weighted by Crippen LogP contribution is 2.28. The van der Waals surface area contributed by atoms with Gasteiger partial charge in [-0.1, -0.05) is 6.07 Å². The molecule has 1 fully saturated rings. The van der Waals surface area contributed by atoms with Crippen LogP contribution in [0.5, 0.6) is 0 Å².